The molecular weight excluding hydrogens is 1570 g/mol. The van der Waals surface area contributed by atoms with Crippen molar-refractivity contribution in [3.05, 3.63) is 210 Å². The van der Waals surface area contributed by atoms with E-state index in [-0.39, 0.29) is 0 Å². The third-order valence-electron chi connectivity index (χ3n) is 22.5. The number of amidine groups is 1. The minimum absolute atomic E-state index is 0.401. The summed E-state index contributed by atoms with van der Waals surface area (Å²) in [7, 11) is 2.01. The molecule has 0 unspecified atom stereocenters. The van der Waals surface area contributed by atoms with Gasteiger partial charge in [-0.15, -0.1) is 0 Å². The number of hydrogen-bond acceptors (Lipinski definition) is 31. The lowest BCUT2D eigenvalue weighted by Crippen LogP contribution is -2.40. The van der Waals surface area contributed by atoms with E-state index in [1.165, 1.54) is 46.7 Å². The van der Waals surface area contributed by atoms with Gasteiger partial charge in [-0.25, -0.2) is 24.9 Å². The van der Waals surface area contributed by atoms with Crippen LogP contribution < -0.4 is 34.4 Å². The van der Waals surface area contributed by atoms with Crippen LogP contribution in [0.5, 0.6) is 0 Å². The third kappa shape index (κ3) is 29.0. The van der Waals surface area contributed by atoms with E-state index in [1.807, 2.05) is 129 Å². The van der Waals surface area contributed by atoms with Gasteiger partial charge in [0.15, 0.2) is 42.2 Å². The second-order valence-corrected chi connectivity index (χ2v) is 32.2. The third-order valence-corrected chi connectivity index (χ3v) is 22.8. The van der Waals surface area contributed by atoms with Crippen LogP contribution in [-0.2, 0) is 58.4 Å². The van der Waals surface area contributed by atoms with Crippen molar-refractivity contribution < 1.29 is 4.42 Å². The number of nitrogens with two attached hydrogens (primary N) is 6. The number of hydrogen-bond donors (Lipinski definition) is 7. The first-order valence-electron chi connectivity index (χ1n) is 43.0. The molecule has 0 saturated carbocycles. The molecule has 17 rings (SSSR count). The Hall–Kier alpha value is -12.2. The van der Waals surface area contributed by atoms with Crippen molar-refractivity contribution in [2.75, 3.05) is 105 Å². The lowest BCUT2D eigenvalue weighted by atomic mass is 10.1. The summed E-state index contributed by atoms with van der Waals surface area (Å²) in [4.78, 5) is 87.4. The summed E-state index contributed by atoms with van der Waals surface area (Å²) in [5, 5.41) is 0.527. The Morgan fingerprint density at radius 1 is 0.398 bits per heavy atom. The molecule has 0 aliphatic carbocycles. The molecule has 0 saturated heterocycles. The van der Waals surface area contributed by atoms with E-state index in [2.05, 4.69) is 209 Å². The fourth-order valence-electron chi connectivity index (χ4n) is 14.9. The SMILES string of the molecule is CCCC1=NC[C@H](C)N1CCc1cccnc1.C[C@H]1CN=C(N)N1CCc1ccc(Cl)nc1.C[C@H]1CN=C(N)N1CCc1cccnc1.C[C@H]1CN=C(N)N1CCc1cnc2ccccn12.C[C@H]1CN=C(N)N1CCc1cnc[nH]1.C[C@H]1CN=C(N)N1CCc1cncn1C.C[C@H]1CN=C(N)N1CCc1cnco1.C[C@H]1CN=CN1CCc1cccnc1. The number of imidazole rings is 3. The number of fused-ring (bicyclic) bond motifs is 1. The van der Waals surface area contributed by atoms with Crippen molar-refractivity contribution in [2.24, 2.45) is 81.4 Å². The highest BCUT2D eigenvalue weighted by atomic mass is 35.5. The number of oxazole rings is 1. The van der Waals surface area contributed by atoms with Gasteiger partial charge in [0.2, 0.25) is 0 Å². The highest BCUT2D eigenvalue weighted by molar-refractivity contribution is 6.29. The summed E-state index contributed by atoms with van der Waals surface area (Å²) in [6.07, 6.45) is 39.3. The van der Waals surface area contributed by atoms with Crippen LogP contribution >= 0.6 is 11.6 Å². The van der Waals surface area contributed by atoms with Gasteiger partial charge in [0.1, 0.15) is 16.6 Å². The lowest BCUT2D eigenvalue weighted by molar-refractivity contribution is 0.351. The van der Waals surface area contributed by atoms with Crippen LogP contribution in [0.1, 0.15) is 120 Å². The first kappa shape index (κ1) is 93.0. The molecule has 9 aromatic rings. The first-order chi connectivity index (χ1) is 59.6. The van der Waals surface area contributed by atoms with Crippen LogP contribution in [-0.4, -0.2) is 294 Å². The van der Waals surface area contributed by atoms with E-state index < -0.39 is 0 Å². The molecule has 123 heavy (non-hydrogen) atoms. The number of guanidine groups is 6. The molecule has 0 fully saturated rings. The Kier molecular flexibility index (Phi) is 36.6. The van der Waals surface area contributed by atoms with Gasteiger partial charge in [0, 0.05) is 225 Å². The smallest absolute Gasteiger partial charge is 0.191 e. The van der Waals surface area contributed by atoms with Crippen LogP contribution in [0.2, 0.25) is 5.15 Å². The van der Waals surface area contributed by atoms with E-state index in [0.717, 1.165) is 185 Å². The van der Waals surface area contributed by atoms with E-state index in [1.54, 1.807) is 24.9 Å². The number of aromatic nitrogens is 11. The number of pyridine rings is 5. The summed E-state index contributed by atoms with van der Waals surface area (Å²) < 4.78 is 9.30. The van der Waals surface area contributed by atoms with Gasteiger partial charge < -0.3 is 92.0 Å². The zero-order chi connectivity index (χ0) is 87.4. The summed E-state index contributed by atoms with van der Waals surface area (Å²) in [6.45, 7) is 33.7. The van der Waals surface area contributed by atoms with Crippen LogP contribution in [0.4, 0.5) is 0 Å². The summed E-state index contributed by atoms with van der Waals surface area (Å²) in [5.74, 6) is 6.14. The van der Waals surface area contributed by atoms with Crippen LogP contribution in [0.25, 0.3) is 5.65 Å². The normalized spacial score (nSPS) is 20.4. The maximum absolute atomic E-state index is 5.87. The maximum Gasteiger partial charge on any atom is 0.191 e. The molecule has 8 atom stereocenters. The Bertz CT molecular complexity index is 4740. The van der Waals surface area contributed by atoms with Gasteiger partial charge in [-0.05, 0) is 146 Å². The monoisotopic (exact) mass is 1700 g/mol. The zero-order valence-corrected chi connectivity index (χ0v) is 74.2. The Labute approximate surface area is 730 Å². The predicted octanol–water partition coefficient (Wildman–Crippen LogP) is 6.91. The van der Waals surface area contributed by atoms with E-state index >= 15 is 0 Å². The number of nitrogens with zero attached hydrogens (tertiary/aromatic N) is 26. The van der Waals surface area contributed by atoms with Crippen molar-refractivity contribution in [1.82, 2.24) is 93.0 Å². The number of aryl methyl sites for hydroxylation is 1. The Morgan fingerprint density at radius 3 is 1.26 bits per heavy atom. The number of halogens is 1. The fourth-order valence-corrected chi connectivity index (χ4v) is 15.0. The molecule has 9 aromatic heterocycles. The average molecular weight is 1700 g/mol. The molecule has 0 bridgehead atoms. The van der Waals surface area contributed by atoms with E-state index in [4.69, 9.17) is 50.4 Å². The van der Waals surface area contributed by atoms with Crippen LogP contribution in [0.3, 0.4) is 0 Å². The van der Waals surface area contributed by atoms with Crippen molar-refractivity contribution in [3.8, 4) is 0 Å². The topological polar surface area (TPSA) is 422 Å². The van der Waals surface area contributed by atoms with Crippen LogP contribution in [0.15, 0.2) is 204 Å². The van der Waals surface area contributed by atoms with Gasteiger partial charge in [0.05, 0.1) is 83.4 Å². The highest BCUT2D eigenvalue weighted by Gasteiger charge is 2.28. The Morgan fingerprint density at radius 2 is 0.854 bits per heavy atom. The molecule has 17 heterocycles. The largest absolute Gasteiger partial charge is 0.448 e. The summed E-state index contributed by atoms with van der Waals surface area (Å²) in [5.41, 5.74) is 44.3. The minimum Gasteiger partial charge on any atom is -0.448 e. The van der Waals surface area contributed by atoms with Gasteiger partial charge in [-0.3, -0.25) is 54.9 Å². The number of aromatic amines is 1. The quantitative estimate of drug-likeness (QED) is 0.0271. The minimum atomic E-state index is 0.401. The standard InChI is InChI=1S/C14H21N3.C13H17N5.C11H15ClN4.C11H16N4.C11H15N3.C10H17N5.C9H15N5.C9H14N4O/c1-3-5-14-16-10-12(2)17(14)9-7-13-6-4-8-15-11-13;1-10-8-16-13(14)17(10)7-5-11-9-15-12-4-2-3-6-18(11)12;1-8-6-15-11(13)16(8)5-4-9-2-3-10(12)14-7-9;1-9-7-14-11(12)15(9)6-4-10-3-2-5-13-8-10;1-10-7-13-9-14(10)6-4-11-3-2-5-12-8-11;1-8-5-13-10(11)15(8)4-3-9-6-12-7-14(9)2;1-7-4-12-9(10)14(7)3-2-8-5-11-6-13-8;1-7-4-12-9(10)13(7)3-2-8-5-11-6-14-8/h4,6,8,11-12H,3,5,7,9-10H2,1-2H3;2-4,6,9-10H,5,7-8H2,1H3,(H2,14,16);2-3,7-8H,4-6H2,1H3,(H2,13,15);2-3,5,8-9H,4,6-7H2,1H3,(H2,12,14);2-3,5,8-10H,4,6-7H2,1H3;6-8H,3-5H2,1-2H3,(H2,11,13);5-7H,2-4H2,1H3,(H2,10,12)(H,11,13);5-7H,2-4H2,1H3,(H2,10,12)/t12-;10-;8-;9-;10-;8-;2*7-/m00000000/s1. The second kappa shape index (κ2) is 48.4. The fraction of sp³-hybridized carbons (Fsp3) is 0.500. The molecule has 13 N–H and O–H groups in total. The number of aliphatic imine (C=N–C) groups is 8. The predicted molar refractivity (Wildman–Crippen MR) is 494 cm³/mol. The van der Waals surface area contributed by atoms with Crippen LogP contribution in [0, 0.1) is 0 Å². The van der Waals surface area contributed by atoms with Crippen molar-refractivity contribution in [1.29, 1.82) is 0 Å². The Balaban J connectivity index is 0.000000147. The molecule has 660 valence electrons. The molecule has 34 nitrogen and oxygen atoms in total. The van der Waals surface area contributed by atoms with Crippen molar-refractivity contribution in [3.63, 3.8) is 0 Å². The molecule has 0 amide bonds. The molecule has 0 aromatic carbocycles. The maximum atomic E-state index is 5.87. The molecule has 0 spiro atoms. The molecule has 8 aliphatic rings. The molecule has 8 aliphatic heterocycles. The van der Waals surface area contributed by atoms with E-state index in [0.29, 0.717) is 89.2 Å². The van der Waals surface area contributed by atoms with Gasteiger partial charge in [0.25, 0.3) is 0 Å². The summed E-state index contributed by atoms with van der Waals surface area (Å²) >= 11 is 5.72. The van der Waals surface area contributed by atoms with Gasteiger partial charge in [-0.2, -0.15) is 0 Å². The molecular formula is C88H130ClN33O. The number of H-pyrrole nitrogens is 1. The van der Waals surface area contributed by atoms with Gasteiger partial charge >= 0.3 is 0 Å². The molecule has 0 radical (unpaired) electrons. The van der Waals surface area contributed by atoms with E-state index in [9.17, 15) is 0 Å². The lowest BCUT2D eigenvalue weighted by Gasteiger charge is -2.25. The van der Waals surface area contributed by atoms with Crippen molar-refractivity contribution in [2.45, 2.75) is 175 Å². The van der Waals surface area contributed by atoms with Crippen molar-refractivity contribution >= 4 is 65.2 Å². The molecule has 35 heteroatoms. The average Bonchev–Trinajstić information content (AvgIpc) is 2.12. The zero-order valence-electron chi connectivity index (χ0n) is 73.5. The second-order valence-electron chi connectivity index (χ2n) is 31.9. The van der Waals surface area contributed by atoms with Gasteiger partial charge in [-0.1, -0.05) is 48.9 Å². The summed E-state index contributed by atoms with van der Waals surface area (Å²) in [6, 6.07) is 25.7. The number of rotatable bonds is 26. The highest BCUT2D eigenvalue weighted by Crippen LogP contribution is 2.19. The first-order valence-corrected chi connectivity index (χ1v) is 43.4. The number of nitrogens with one attached hydrogen (secondary N) is 1.